The number of anilines is 1. The average Bonchev–Trinajstić information content (AvgIpc) is 2.97. The Morgan fingerprint density at radius 2 is 1.92 bits per heavy atom. The second kappa shape index (κ2) is 6.56. The Bertz CT molecular complexity index is 1040. The molecule has 3 aromatic carbocycles. The van der Waals surface area contributed by atoms with Gasteiger partial charge in [0, 0.05) is 22.8 Å². The highest BCUT2D eigenvalue weighted by Gasteiger charge is 2.25. The van der Waals surface area contributed by atoms with E-state index < -0.39 is 0 Å². The summed E-state index contributed by atoms with van der Waals surface area (Å²) in [4.78, 5) is 12.6. The molecule has 0 saturated heterocycles. The van der Waals surface area contributed by atoms with Gasteiger partial charge in [0.25, 0.3) is 5.91 Å². The lowest BCUT2D eigenvalue weighted by Crippen LogP contribution is -2.04. The number of ether oxygens (including phenoxy) is 2. The molecule has 1 heterocycles. The molecule has 0 aliphatic carbocycles. The predicted octanol–water partition coefficient (Wildman–Crippen LogP) is 4.74. The van der Waals surface area contributed by atoms with Crippen molar-refractivity contribution in [3.8, 4) is 11.5 Å². The lowest BCUT2D eigenvalue weighted by atomic mass is 9.98. The summed E-state index contributed by atoms with van der Waals surface area (Å²) in [5.74, 6) is 1.36. The normalized spacial score (nSPS) is 14.4. The molecule has 0 atom stereocenters. The van der Waals surface area contributed by atoms with Gasteiger partial charge in [-0.15, -0.1) is 0 Å². The molecule has 1 N–H and O–H groups in total. The van der Waals surface area contributed by atoms with Gasteiger partial charge in [0.1, 0.15) is 11.5 Å². The van der Waals surface area contributed by atoms with Crippen molar-refractivity contribution in [2.24, 2.45) is 0 Å². The molecule has 1 aliphatic heterocycles. The zero-order valence-electron chi connectivity index (χ0n) is 14.7. The predicted molar refractivity (Wildman–Crippen MR) is 105 cm³/mol. The van der Waals surface area contributed by atoms with Gasteiger partial charge >= 0.3 is 0 Å². The van der Waals surface area contributed by atoms with Crippen molar-refractivity contribution in [3.63, 3.8) is 0 Å². The molecule has 4 nitrogen and oxygen atoms in total. The number of amides is 1. The van der Waals surface area contributed by atoms with Gasteiger partial charge in [-0.3, -0.25) is 4.79 Å². The standard InChI is InChI=1S/C22H19NO3/c1-3-26-15-9-10-17-19(22(24)23-20(17)12-15)13-18-16-7-5-4-6-14(16)8-11-21(18)25-2/h4-13H,3H2,1-2H3,(H,23,24)/b19-13+. The fourth-order valence-electron chi connectivity index (χ4n) is 3.32. The van der Waals surface area contributed by atoms with Crippen molar-refractivity contribution in [3.05, 3.63) is 65.7 Å². The van der Waals surface area contributed by atoms with Crippen molar-refractivity contribution in [1.29, 1.82) is 0 Å². The van der Waals surface area contributed by atoms with Crippen LogP contribution in [-0.4, -0.2) is 19.6 Å². The quantitative estimate of drug-likeness (QED) is 0.695. The largest absolute Gasteiger partial charge is 0.496 e. The van der Waals surface area contributed by atoms with E-state index in [-0.39, 0.29) is 5.91 Å². The van der Waals surface area contributed by atoms with E-state index in [0.29, 0.717) is 12.2 Å². The zero-order valence-corrected chi connectivity index (χ0v) is 14.7. The van der Waals surface area contributed by atoms with Crippen molar-refractivity contribution in [2.75, 3.05) is 19.0 Å². The van der Waals surface area contributed by atoms with Gasteiger partial charge in [-0.1, -0.05) is 30.3 Å². The summed E-state index contributed by atoms with van der Waals surface area (Å²) in [7, 11) is 1.64. The van der Waals surface area contributed by atoms with Crippen LogP contribution in [-0.2, 0) is 4.79 Å². The van der Waals surface area contributed by atoms with Crippen molar-refractivity contribution < 1.29 is 14.3 Å². The van der Waals surface area contributed by atoms with Crippen molar-refractivity contribution >= 4 is 34.0 Å². The van der Waals surface area contributed by atoms with Gasteiger partial charge in [0.05, 0.1) is 19.4 Å². The summed E-state index contributed by atoms with van der Waals surface area (Å²) in [6.07, 6.45) is 1.91. The fraction of sp³-hybridized carbons (Fsp3) is 0.136. The zero-order chi connectivity index (χ0) is 18.1. The average molecular weight is 345 g/mol. The third-order valence-electron chi connectivity index (χ3n) is 4.52. The number of hydrogen-bond donors (Lipinski definition) is 1. The van der Waals surface area contributed by atoms with E-state index in [1.807, 2.05) is 67.6 Å². The van der Waals surface area contributed by atoms with Crippen molar-refractivity contribution in [1.82, 2.24) is 0 Å². The number of hydrogen-bond acceptors (Lipinski definition) is 3. The van der Waals surface area contributed by atoms with Crippen LogP contribution in [0.5, 0.6) is 11.5 Å². The summed E-state index contributed by atoms with van der Waals surface area (Å²) in [5.41, 5.74) is 3.16. The number of benzene rings is 3. The van der Waals surface area contributed by atoms with Gasteiger partial charge in [0.2, 0.25) is 0 Å². The maximum absolute atomic E-state index is 12.6. The fourth-order valence-corrected chi connectivity index (χ4v) is 3.32. The lowest BCUT2D eigenvalue weighted by molar-refractivity contribution is -0.110. The number of rotatable bonds is 4. The molecule has 1 amide bonds. The second-order valence-electron chi connectivity index (χ2n) is 6.06. The van der Waals surface area contributed by atoms with E-state index in [2.05, 4.69) is 5.32 Å². The molecule has 1 aliphatic rings. The van der Waals surface area contributed by atoms with Crippen LogP contribution in [0.15, 0.2) is 54.6 Å². The molecule has 4 heteroatoms. The second-order valence-corrected chi connectivity index (χ2v) is 6.06. The Hall–Kier alpha value is -3.27. The summed E-state index contributed by atoms with van der Waals surface area (Å²) in [5, 5.41) is 5.07. The first-order valence-electron chi connectivity index (χ1n) is 8.57. The Labute approximate surface area is 152 Å². The van der Waals surface area contributed by atoms with Crippen LogP contribution < -0.4 is 14.8 Å². The first-order chi connectivity index (χ1) is 12.7. The lowest BCUT2D eigenvalue weighted by Gasteiger charge is -2.10. The Kier molecular flexibility index (Phi) is 4.09. The summed E-state index contributed by atoms with van der Waals surface area (Å²) < 4.78 is 11.1. The molecule has 0 aromatic heterocycles. The third kappa shape index (κ3) is 2.69. The van der Waals surface area contributed by atoms with Gasteiger partial charge in [-0.05, 0) is 42.0 Å². The van der Waals surface area contributed by atoms with Gasteiger partial charge in [0.15, 0.2) is 0 Å². The van der Waals surface area contributed by atoms with Crippen LogP contribution in [0.25, 0.3) is 22.4 Å². The van der Waals surface area contributed by atoms with E-state index in [9.17, 15) is 4.79 Å². The molecule has 0 saturated carbocycles. The van der Waals surface area contributed by atoms with Crippen LogP contribution in [0.4, 0.5) is 5.69 Å². The van der Waals surface area contributed by atoms with Gasteiger partial charge in [-0.2, -0.15) is 0 Å². The van der Waals surface area contributed by atoms with Gasteiger partial charge < -0.3 is 14.8 Å². The SMILES string of the molecule is CCOc1ccc2c(c1)NC(=O)/C2=C/c1c(OC)ccc2ccccc12. The van der Waals surface area contributed by atoms with Crippen LogP contribution >= 0.6 is 0 Å². The number of nitrogens with one attached hydrogen (secondary N) is 1. The Morgan fingerprint density at radius 3 is 2.73 bits per heavy atom. The maximum Gasteiger partial charge on any atom is 0.256 e. The molecule has 3 aromatic rings. The van der Waals surface area contributed by atoms with E-state index in [1.54, 1.807) is 7.11 Å². The molecular weight excluding hydrogens is 326 g/mol. The molecule has 26 heavy (non-hydrogen) atoms. The highest BCUT2D eigenvalue weighted by atomic mass is 16.5. The molecule has 0 unspecified atom stereocenters. The van der Waals surface area contributed by atoms with E-state index >= 15 is 0 Å². The number of carbonyl (C=O) groups excluding carboxylic acids is 1. The van der Waals surface area contributed by atoms with E-state index in [0.717, 1.165) is 39.1 Å². The minimum Gasteiger partial charge on any atom is -0.496 e. The van der Waals surface area contributed by atoms with Crippen molar-refractivity contribution in [2.45, 2.75) is 6.92 Å². The number of carbonyl (C=O) groups is 1. The molecule has 0 fully saturated rings. The highest BCUT2D eigenvalue weighted by Crippen LogP contribution is 2.38. The topological polar surface area (TPSA) is 47.6 Å². The number of methoxy groups -OCH3 is 1. The Balaban J connectivity index is 1.88. The van der Waals surface area contributed by atoms with E-state index in [1.165, 1.54) is 0 Å². The monoisotopic (exact) mass is 345 g/mol. The van der Waals surface area contributed by atoms with Crippen LogP contribution in [0.1, 0.15) is 18.1 Å². The first-order valence-corrected chi connectivity index (χ1v) is 8.57. The summed E-state index contributed by atoms with van der Waals surface area (Å²) in [6.45, 7) is 2.52. The molecular formula is C22H19NO3. The highest BCUT2D eigenvalue weighted by molar-refractivity contribution is 6.35. The smallest absolute Gasteiger partial charge is 0.256 e. The van der Waals surface area contributed by atoms with Crippen LogP contribution in [0.2, 0.25) is 0 Å². The van der Waals surface area contributed by atoms with Gasteiger partial charge in [-0.25, -0.2) is 0 Å². The minimum atomic E-state index is -0.122. The van der Waals surface area contributed by atoms with Crippen LogP contribution in [0, 0.1) is 0 Å². The van der Waals surface area contributed by atoms with E-state index in [4.69, 9.17) is 9.47 Å². The van der Waals surface area contributed by atoms with Crippen LogP contribution in [0.3, 0.4) is 0 Å². The summed E-state index contributed by atoms with van der Waals surface area (Å²) >= 11 is 0. The first kappa shape index (κ1) is 16.2. The molecule has 0 bridgehead atoms. The third-order valence-corrected chi connectivity index (χ3v) is 4.52. The Morgan fingerprint density at radius 1 is 1.08 bits per heavy atom. The number of fused-ring (bicyclic) bond motifs is 2. The molecule has 130 valence electrons. The molecule has 0 radical (unpaired) electrons. The summed E-state index contributed by atoms with van der Waals surface area (Å²) in [6, 6.07) is 17.7. The maximum atomic E-state index is 12.6. The minimum absolute atomic E-state index is 0.122. The molecule has 0 spiro atoms. The molecule has 4 rings (SSSR count).